The molecule has 160 valence electrons. The van der Waals surface area contributed by atoms with E-state index < -0.39 is 5.82 Å². The summed E-state index contributed by atoms with van der Waals surface area (Å²) in [6.45, 7) is 2.11. The summed E-state index contributed by atoms with van der Waals surface area (Å²) < 4.78 is 33.2. The van der Waals surface area contributed by atoms with E-state index in [0.29, 0.717) is 23.4 Å². The van der Waals surface area contributed by atoms with Crippen LogP contribution in [0.5, 0.6) is 0 Å². The van der Waals surface area contributed by atoms with Crippen LogP contribution in [0.4, 0.5) is 14.8 Å². The van der Waals surface area contributed by atoms with Gasteiger partial charge in [-0.05, 0) is 92.8 Å². The molecule has 4 aromatic rings. The highest BCUT2D eigenvalue weighted by atomic mass is 19.1. The van der Waals surface area contributed by atoms with Gasteiger partial charge in [-0.3, -0.25) is 4.98 Å². The van der Waals surface area contributed by atoms with Crippen LogP contribution in [0.2, 0.25) is 0 Å². The zero-order valence-electron chi connectivity index (χ0n) is 17.4. The molecular weight excluding hydrogens is 396 g/mol. The van der Waals surface area contributed by atoms with Crippen molar-refractivity contribution in [3.63, 3.8) is 0 Å². The van der Waals surface area contributed by atoms with Gasteiger partial charge in [-0.25, -0.2) is 8.78 Å². The van der Waals surface area contributed by atoms with E-state index in [1.54, 1.807) is 24.3 Å². The Morgan fingerprint density at radius 2 is 1.90 bits per heavy atom. The zero-order valence-corrected chi connectivity index (χ0v) is 17.4. The molecule has 1 atom stereocenters. The molecule has 1 fully saturated rings. The summed E-state index contributed by atoms with van der Waals surface area (Å²) in [7, 11) is 0. The van der Waals surface area contributed by atoms with Crippen molar-refractivity contribution in [2.75, 3.05) is 5.32 Å². The van der Waals surface area contributed by atoms with Gasteiger partial charge >= 0.3 is 0 Å². The van der Waals surface area contributed by atoms with E-state index >= 15 is 0 Å². The van der Waals surface area contributed by atoms with Crippen LogP contribution in [0.15, 0.2) is 53.1 Å². The predicted octanol–water partition coefficient (Wildman–Crippen LogP) is 6.82. The third-order valence-electron chi connectivity index (χ3n) is 6.45. The lowest BCUT2D eigenvalue weighted by Gasteiger charge is -2.31. The van der Waals surface area contributed by atoms with Gasteiger partial charge in [0.15, 0.2) is 11.4 Å². The molecule has 2 aromatic heterocycles. The van der Waals surface area contributed by atoms with E-state index in [1.807, 2.05) is 12.3 Å². The fraction of sp³-hybridized carbons (Fsp3) is 0.360. The van der Waals surface area contributed by atoms with Gasteiger partial charge in [0.2, 0.25) is 0 Å². The molecule has 0 saturated heterocycles. The van der Waals surface area contributed by atoms with Crippen molar-refractivity contribution in [2.45, 2.75) is 51.0 Å². The molecule has 1 N–H and O–H groups in total. The van der Waals surface area contributed by atoms with Gasteiger partial charge in [-0.1, -0.05) is 6.07 Å². The molecule has 1 unspecified atom stereocenters. The minimum Gasteiger partial charge on any atom is -0.420 e. The fourth-order valence-corrected chi connectivity index (χ4v) is 4.95. The Labute approximate surface area is 179 Å². The number of anilines is 1. The molecule has 0 spiro atoms. The minimum absolute atomic E-state index is 0.175. The third kappa shape index (κ3) is 4.11. The summed E-state index contributed by atoms with van der Waals surface area (Å²) in [5.41, 5.74) is 2.78. The number of aromatic nitrogens is 2. The highest BCUT2D eigenvalue weighted by Gasteiger charge is 2.25. The average Bonchev–Trinajstić information content (AvgIpc) is 3.17. The lowest BCUT2D eigenvalue weighted by molar-refractivity contribution is 0.301. The monoisotopic (exact) mass is 421 g/mol. The number of halogens is 2. The molecular formula is C25H25F2N3O. The van der Waals surface area contributed by atoms with Crippen molar-refractivity contribution in [1.29, 1.82) is 0 Å². The van der Waals surface area contributed by atoms with E-state index in [-0.39, 0.29) is 17.4 Å². The number of nitrogens with one attached hydrogen (secondary N) is 1. The van der Waals surface area contributed by atoms with Gasteiger partial charge in [0.05, 0.1) is 5.52 Å². The Bertz CT molecular complexity index is 1210. The normalized spacial score (nSPS) is 20.2. The molecule has 6 heteroatoms. The predicted molar refractivity (Wildman–Crippen MR) is 118 cm³/mol. The van der Waals surface area contributed by atoms with Crippen LogP contribution in [0.3, 0.4) is 0 Å². The molecule has 1 aliphatic rings. The van der Waals surface area contributed by atoms with Crippen LogP contribution in [0, 0.1) is 17.6 Å². The number of fused-ring (bicyclic) bond motifs is 2. The van der Waals surface area contributed by atoms with E-state index in [1.165, 1.54) is 17.7 Å². The Hall–Kier alpha value is -3.02. The molecule has 0 amide bonds. The molecule has 1 aliphatic carbocycles. The Morgan fingerprint density at radius 1 is 1.06 bits per heavy atom. The van der Waals surface area contributed by atoms with E-state index in [0.717, 1.165) is 43.0 Å². The van der Waals surface area contributed by atoms with Crippen molar-refractivity contribution < 1.29 is 13.2 Å². The van der Waals surface area contributed by atoms with E-state index in [2.05, 4.69) is 22.2 Å². The molecule has 4 nitrogen and oxygen atoms in total. The number of nitrogens with zero attached hydrogens (tertiary/aromatic N) is 2. The number of benzene rings is 2. The number of hydrogen-bond acceptors (Lipinski definition) is 4. The van der Waals surface area contributed by atoms with Gasteiger partial charge in [0.1, 0.15) is 11.3 Å². The summed E-state index contributed by atoms with van der Waals surface area (Å²) in [5, 5.41) is 4.22. The highest BCUT2D eigenvalue weighted by Crippen LogP contribution is 2.40. The summed E-state index contributed by atoms with van der Waals surface area (Å²) in [6, 6.07) is 12.2. The maximum atomic E-state index is 13.8. The highest BCUT2D eigenvalue weighted by molar-refractivity contribution is 5.82. The number of hydrogen-bond donors (Lipinski definition) is 1. The summed E-state index contributed by atoms with van der Waals surface area (Å²) >= 11 is 0. The van der Waals surface area contributed by atoms with E-state index in [9.17, 15) is 8.78 Å². The second-order valence-electron chi connectivity index (χ2n) is 8.67. The summed E-state index contributed by atoms with van der Waals surface area (Å²) in [6.07, 6.45) is 7.24. The molecule has 5 rings (SSSR count). The smallest absolute Gasteiger partial charge is 0.295 e. The van der Waals surface area contributed by atoms with Crippen molar-refractivity contribution in [1.82, 2.24) is 9.97 Å². The molecule has 1 saturated carbocycles. The standard InChI is InChI=1S/C25H25F2N3O/c1-15(29-25-30-23-4-2-3-21(27)24(23)31-25)13-16-5-7-17(8-6-16)19-11-12-28-22-10-9-18(26)14-20(19)22/h2-4,9-12,14-17H,5-8,13H2,1H3,(H,29,30). The Balaban J connectivity index is 1.21. The lowest BCUT2D eigenvalue weighted by Crippen LogP contribution is -2.23. The van der Waals surface area contributed by atoms with Crippen LogP contribution in [-0.2, 0) is 0 Å². The number of oxazole rings is 1. The first-order valence-corrected chi connectivity index (χ1v) is 10.9. The van der Waals surface area contributed by atoms with Crippen molar-refractivity contribution >= 4 is 28.0 Å². The SMILES string of the molecule is CC(CC1CCC(c2ccnc3ccc(F)cc23)CC1)Nc1nc2cccc(F)c2o1. The van der Waals surface area contributed by atoms with Crippen LogP contribution in [0.1, 0.15) is 50.5 Å². The molecule has 31 heavy (non-hydrogen) atoms. The molecule has 0 aliphatic heterocycles. The minimum atomic E-state index is -0.396. The van der Waals surface area contributed by atoms with Crippen molar-refractivity contribution in [2.24, 2.45) is 5.92 Å². The fourth-order valence-electron chi connectivity index (χ4n) is 4.95. The van der Waals surface area contributed by atoms with Crippen LogP contribution in [-0.4, -0.2) is 16.0 Å². The Morgan fingerprint density at radius 3 is 2.71 bits per heavy atom. The maximum Gasteiger partial charge on any atom is 0.295 e. The Kier molecular flexibility index (Phi) is 5.30. The van der Waals surface area contributed by atoms with Gasteiger partial charge in [0.25, 0.3) is 6.01 Å². The van der Waals surface area contributed by atoms with Gasteiger partial charge in [-0.15, -0.1) is 0 Å². The summed E-state index contributed by atoms with van der Waals surface area (Å²) in [5.74, 6) is 0.429. The third-order valence-corrected chi connectivity index (χ3v) is 6.45. The number of rotatable bonds is 5. The van der Waals surface area contributed by atoms with Crippen LogP contribution in [0.25, 0.3) is 22.0 Å². The molecule has 0 radical (unpaired) electrons. The van der Waals surface area contributed by atoms with E-state index in [4.69, 9.17) is 4.42 Å². The second-order valence-corrected chi connectivity index (χ2v) is 8.67. The summed E-state index contributed by atoms with van der Waals surface area (Å²) in [4.78, 5) is 8.72. The first kappa shape index (κ1) is 19.9. The average molecular weight is 421 g/mol. The van der Waals surface area contributed by atoms with Gasteiger partial charge in [-0.2, -0.15) is 4.98 Å². The maximum absolute atomic E-state index is 13.8. The molecule has 0 bridgehead atoms. The largest absolute Gasteiger partial charge is 0.420 e. The first-order valence-electron chi connectivity index (χ1n) is 10.9. The van der Waals surface area contributed by atoms with Crippen LogP contribution >= 0.6 is 0 Å². The van der Waals surface area contributed by atoms with Gasteiger partial charge < -0.3 is 9.73 Å². The number of para-hydroxylation sites is 1. The van der Waals surface area contributed by atoms with Crippen molar-refractivity contribution in [3.8, 4) is 0 Å². The topological polar surface area (TPSA) is 51.0 Å². The van der Waals surface area contributed by atoms with Crippen LogP contribution < -0.4 is 5.32 Å². The quantitative estimate of drug-likeness (QED) is 0.384. The van der Waals surface area contributed by atoms with Gasteiger partial charge in [0, 0.05) is 17.6 Å². The molecule has 2 heterocycles. The zero-order chi connectivity index (χ0) is 21.4. The molecule has 2 aromatic carbocycles. The number of pyridine rings is 1. The lowest BCUT2D eigenvalue weighted by atomic mass is 9.76. The second kappa shape index (κ2) is 8.25. The van der Waals surface area contributed by atoms with Crippen molar-refractivity contribution in [3.05, 3.63) is 65.9 Å². The first-order chi connectivity index (χ1) is 15.1.